The highest BCUT2D eigenvalue weighted by atomic mass is 79.9. The van der Waals surface area contributed by atoms with Crippen LogP contribution in [0.2, 0.25) is 0 Å². The second kappa shape index (κ2) is 5.34. The van der Waals surface area contributed by atoms with E-state index in [9.17, 15) is 0 Å². The van der Waals surface area contributed by atoms with Gasteiger partial charge in [0.2, 0.25) is 0 Å². The smallest absolute Gasteiger partial charge is 0.113 e. The van der Waals surface area contributed by atoms with Gasteiger partial charge >= 0.3 is 0 Å². The minimum atomic E-state index is 0.0952. The lowest BCUT2D eigenvalue weighted by molar-refractivity contribution is 0.724. The summed E-state index contributed by atoms with van der Waals surface area (Å²) in [5, 5.41) is 8.48. The summed E-state index contributed by atoms with van der Waals surface area (Å²) in [6, 6.07) is 14.2. The molecule has 1 aromatic heterocycles. The first kappa shape index (κ1) is 13.3. The zero-order valence-electron chi connectivity index (χ0n) is 11.1. The van der Waals surface area contributed by atoms with Crippen molar-refractivity contribution in [3.8, 4) is 5.69 Å². The standard InChI is InChI=1S/C15H15BrN4/c1-10(17)8-11-9-12(16)6-7-14(11)20-15-5-3-2-4-13(15)18-19-20/h2-7,9-10H,8,17H2,1H3. The molecule has 0 bridgehead atoms. The fourth-order valence-corrected chi connectivity index (χ4v) is 2.73. The van der Waals surface area contributed by atoms with Crippen LogP contribution in [0.4, 0.5) is 0 Å². The summed E-state index contributed by atoms with van der Waals surface area (Å²) in [7, 11) is 0. The molecule has 2 N–H and O–H groups in total. The highest BCUT2D eigenvalue weighted by molar-refractivity contribution is 9.10. The predicted octanol–water partition coefficient (Wildman–Crippen LogP) is 3.07. The molecule has 4 nitrogen and oxygen atoms in total. The van der Waals surface area contributed by atoms with Crippen molar-refractivity contribution in [1.82, 2.24) is 15.0 Å². The molecule has 3 rings (SSSR count). The molecule has 0 aliphatic rings. The number of nitrogens with two attached hydrogens (primary N) is 1. The third kappa shape index (κ3) is 2.46. The van der Waals surface area contributed by atoms with E-state index in [4.69, 9.17) is 5.73 Å². The first-order valence-corrected chi connectivity index (χ1v) is 7.29. The molecule has 1 atom stereocenters. The Bertz CT molecular complexity index is 748. The van der Waals surface area contributed by atoms with Crippen LogP contribution in [0.5, 0.6) is 0 Å². The van der Waals surface area contributed by atoms with Crippen molar-refractivity contribution in [3.05, 3.63) is 52.5 Å². The van der Waals surface area contributed by atoms with Crippen molar-refractivity contribution in [2.24, 2.45) is 5.73 Å². The zero-order chi connectivity index (χ0) is 14.1. The second-order valence-corrected chi connectivity index (χ2v) is 5.86. The third-order valence-electron chi connectivity index (χ3n) is 3.16. The SMILES string of the molecule is CC(N)Cc1cc(Br)ccc1-n1nnc2ccccc21. The van der Waals surface area contributed by atoms with Gasteiger partial charge in [-0.2, -0.15) is 0 Å². The van der Waals surface area contributed by atoms with Crippen LogP contribution in [-0.2, 0) is 6.42 Å². The summed E-state index contributed by atoms with van der Waals surface area (Å²) in [5.41, 5.74) is 10.0. The Morgan fingerprint density at radius 3 is 2.85 bits per heavy atom. The van der Waals surface area contributed by atoms with Gasteiger partial charge in [-0.1, -0.05) is 33.3 Å². The quantitative estimate of drug-likeness (QED) is 0.802. The molecule has 3 aromatic rings. The molecule has 0 saturated heterocycles. The molecule has 1 heterocycles. The zero-order valence-corrected chi connectivity index (χ0v) is 12.7. The summed E-state index contributed by atoms with van der Waals surface area (Å²) < 4.78 is 2.92. The monoisotopic (exact) mass is 330 g/mol. The molecular formula is C15H15BrN4. The van der Waals surface area contributed by atoms with Crippen LogP contribution in [0, 0.1) is 0 Å². The minimum Gasteiger partial charge on any atom is -0.328 e. The van der Waals surface area contributed by atoms with Gasteiger partial charge in [-0.3, -0.25) is 0 Å². The van der Waals surface area contributed by atoms with Gasteiger partial charge in [-0.25, -0.2) is 4.68 Å². The van der Waals surface area contributed by atoms with E-state index in [1.165, 1.54) is 0 Å². The highest BCUT2D eigenvalue weighted by Gasteiger charge is 2.11. The van der Waals surface area contributed by atoms with Gasteiger partial charge in [0, 0.05) is 10.5 Å². The Kier molecular flexibility index (Phi) is 3.54. The number of hydrogen-bond acceptors (Lipinski definition) is 3. The number of aromatic nitrogens is 3. The maximum atomic E-state index is 5.95. The van der Waals surface area contributed by atoms with Crippen LogP contribution < -0.4 is 5.73 Å². The Morgan fingerprint density at radius 1 is 1.25 bits per heavy atom. The number of nitrogens with zero attached hydrogens (tertiary/aromatic N) is 3. The topological polar surface area (TPSA) is 56.7 Å². The van der Waals surface area contributed by atoms with Crippen molar-refractivity contribution in [1.29, 1.82) is 0 Å². The molecule has 0 fully saturated rings. The summed E-state index contributed by atoms with van der Waals surface area (Å²) in [6.45, 7) is 2.00. The van der Waals surface area contributed by atoms with E-state index in [1.54, 1.807) is 0 Å². The number of rotatable bonds is 3. The third-order valence-corrected chi connectivity index (χ3v) is 3.66. The molecule has 0 spiro atoms. The normalized spacial score (nSPS) is 12.8. The average Bonchev–Trinajstić information content (AvgIpc) is 2.82. The predicted molar refractivity (Wildman–Crippen MR) is 83.9 cm³/mol. The number of hydrogen-bond donors (Lipinski definition) is 1. The van der Waals surface area contributed by atoms with Crippen LogP contribution in [0.25, 0.3) is 16.7 Å². The van der Waals surface area contributed by atoms with Crippen molar-refractivity contribution < 1.29 is 0 Å². The molecule has 0 radical (unpaired) electrons. The molecule has 1 unspecified atom stereocenters. The first-order valence-electron chi connectivity index (χ1n) is 6.50. The van der Waals surface area contributed by atoms with E-state index in [2.05, 4.69) is 32.3 Å². The van der Waals surface area contributed by atoms with E-state index in [0.717, 1.165) is 33.2 Å². The average molecular weight is 331 g/mol. The van der Waals surface area contributed by atoms with Crippen LogP contribution in [0.3, 0.4) is 0 Å². The molecule has 2 aromatic carbocycles. The molecule has 0 aliphatic carbocycles. The van der Waals surface area contributed by atoms with Gasteiger partial charge in [0.05, 0.1) is 11.2 Å². The Hall–Kier alpha value is -1.72. The van der Waals surface area contributed by atoms with Crippen LogP contribution >= 0.6 is 15.9 Å². The summed E-state index contributed by atoms with van der Waals surface area (Å²) in [6.07, 6.45) is 0.795. The van der Waals surface area contributed by atoms with E-state index in [1.807, 2.05) is 48.0 Å². The van der Waals surface area contributed by atoms with Gasteiger partial charge in [0.15, 0.2) is 0 Å². The van der Waals surface area contributed by atoms with Crippen LogP contribution in [0.1, 0.15) is 12.5 Å². The second-order valence-electron chi connectivity index (χ2n) is 4.94. The van der Waals surface area contributed by atoms with E-state index >= 15 is 0 Å². The number of fused-ring (bicyclic) bond motifs is 1. The molecule has 5 heteroatoms. The maximum absolute atomic E-state index is 5.95. The van der Waals surface area contributed by atoms with Gasteiger partial charge in [-0.15, -0.1) is 5.10 Å². The number of halogens is 1. The van der Waals surface area contributed by atoms with Crippen LogP contribution in [0.15, 0.2) is 46.9 Å². The number of para-hydroxylation sites is 1. The van der Waals surface area contributed by atoms with E-state index in [0.29, 0.717) is 0 Å². The summed E-state index contributed by atoms with van der Waals surface area (Å²) in [5.74, 6) is 0. The fourth-order valence-electron chi connectivity index (χ4n) is 2.32. The van der Waals surface area contributed by atoms with E-state index < -0.39 is 0 Å². The molecular weight excluding hydrogens is 316 g/mol. The lowest BCUT2D eigenvalue weighted by Gasteiger charge is -2.12. The first-order chi connectivity index (χ1) is 9.65. The van der Waals surface area contributed by atoms with Gasteiger partial charge in [-0.05, 0) is 49.2 Å². The molecule has 102 valence electrons. The molecule has 0 saturated carbocycles. The number of benzene rings is 2. The van der Waals surface area contributed by atoms with Crippen molar-refractivity contribution in [2.45, 2.75) is 19.4 Å². The summed E-state index contributed by atoms with van der Waals surface area (Å²) >= 11 is 3.51. The van der Waals surface area contributed by atoms with Crippen LogP contribution in [-0.4, -0.2) is 21.0 Å². The molecule has 20 heavy (non-hydrogen) atoms. The lowest BCUT2D eigenvalue weighted by atomic mass is 10.1. The Balaban J connectivity index is 2.18. The van der Waals surface area contributed by atoms with Crippen molar-refractivity contribution in [2.75, 3.05) is 0 Å². The minimum absolute atomic E-state index is 0.0952. The molecule has 0 aliphatic heterocycles. The van der Waals surface area contributed by atoms with Crippen molar-refractivity contribution >= 4 is 27.0 Å². The summed E-state index contributed by atoms with van der Waals surface area (Å²) in [4.78, 5) is 0. The fraction of sp³-hybridized carbons (Fsp3) is 0.200. The molecule has 0 amide bonds. The Morgan fingerprint density at radius 2 is 2.05 bits per heavy atom. The van der Waals surface area contributed by atoms with Crippen molar-refractivity contribution in [3.63, 3.8) is 0 Å². The lowest BCUT2D eigenvalue weighted by Crippen LogP contribution is -2.19. The highest BCUT2D eigenvalue weighted by Crippen LogP contribution is 2.23. The van der Waals surface area contributed by atoms with Gasteiger partial charge in [0.25, 0.3) is 0 Å². The van der Waals surface area contributed by atoms with Gasteiger partial charge < -0.3 is 5.73 Å². The maximum Gasteiger partial charge on any atom is 0.113 e. The van der Waals surface area contributed by atoms with Gasteiger partial charge in [0.1, 0.15) is 5.52 Å². The van der Waals surface area contributed by atoms with E-state index in [-0.39, 0.29) is 6.04 Å². The Labute approximate surface area is 125 Å². The largest absolute Gasteiger partial charge is 0.328 e.